The van der Waals surface area contributed by atoms with Crippen molar-refractivity contribution < 1.29 is 10.2 Å². The van der Waals surface area contributed by atoms with Crippen molar-refractivity contribution in [1.29, 1.82) is 0 Å². The Bertz CT molecular complexity index is 917. The molecule has 6 heteroatoms. The smallest absolute Gasteiger partial charge is 0.137 e. The van der Waals surface area contributed by atoms with Crippen LogP contribution in [0.4, 0.5) is 0 Å². The van der Waals surface area contributed by atoms with Gasteiger partial charge in [-0.25, -0.2) is 4.98 Å². The lowest BCUT2D eigenvalue weighted by Gasteiger charge is -2.09. The number of rotatable bonds is 3. The van der Waals surface area contributed by atoms with Crippen molar-refractivity contribution in [2.45, 2.75) is 25.4 Å². The number of phenolic OH excluding ortho intramolecular Hbond substituents is 1. The summed E-state index contributed by atoms with van der Waals surface area (Å²) < 4.78 is 2.00. The van der Waals surface area contributed by atoms with E-state index in [0.29, 0.717) is 27.2 Å². The number of phenols is 1. The Kier molecular flexibility index (Phi) is 3.48. The number of hydrogen-bond acceptors (Lipinski definition) is 3. The second kappa shape index (κ2) is 5.41. The number of aromatic hydroxyl groups is 1. The molecule has 4 nitrogen and oxygen atoms in total. The number of nitrogens with zero attached hydrogens (tertiary/aromatic N) is 2. The van der Waals surface area contributed by atoms with Gasteiger partial charge in [0.25, 0.3) is 0 Å². The van der Waals surface area contributed by atoms with E-state index in [1.54, 1.807) is 6.07 Å². The third kappa shape index (κ3) is 2.38. The fraction of sp³-hybridized carbons (Fsp3) is 0.235. The molecule has 0 radical (unpaired) electrons. The molecule has 23 heavy (non-hydrogen) atoms. The van der Waals surface area contributed by atoms with Gasteiger partial charge < -0.3 is 14.6 Å². The minimum Gasteiger partial charge on any atom is -0.507 e. The highest BCUT2D eigenvalue weighted by Crippen LogP contribution is 2.43. The Hall–Kier alpha value is -1.75. The van der Waals surface area contributed by atoms with E-state index in [1.165, 1.54) is 6.07 Å². The van der Waals surface area contributed by atoms with Gasteiger partial charge in [-0.3, -0.25) is 0 Å². The monoisotopic (exact) mass is 348 g/mol. The third-order valence-electron chi connectivity index (χ3n) is 4.21. The number of imidazole rings is 1. The van der Waals surface area contributed by atoms with Gasteiger partial charge in [0.1, 0.15) is 11.4 Å². The summed E-state index contributed by atoms with van der Waals surface area (Å²) in [5.74, 6) is 0.543. The molecule has 1 aliphatic rings. The van der Waals surface area contributed by atoms with Gasteiger partial charge in [0, 0.05) is 17.7 Å². The van der Waals surface area contributed by atoms with Crippen LogP contribution in [0, 0.1) is 0 Å². The Labute approximate surface area is 142 Å². The molecule has 0 atom stereocenters. The second-order valence-electron chi connectivity index (χ2n) is 5.78. The molecule has 3 aromatic rings. The molecular weight excluding hydrogens is 335 g/mol. The van der Waals surface area contributed by atoms with Crippen molar-refractivity contribution in [2.75, 3.05) is 0 Å². The molecule has 1 fully saturated rings. The van der Waals surface area contributed by atoms with Gasteiger partial charge in [-0.1, -0.05) is 23.2 Å². The number of halogens is 2. The first-order chi connectivity index (χ1) is 11.1. The number of fused-ring (bicyclic) bond motifs is 1. The maximum absolute atomic E-state index is 10.1. The second-order valence-corrected chi connectivity index (χ2v) is 6.56. The fourth-order valence-electron chi connectivity index (χ4n) is 2.99. The van der Waals surface area contributed by atoms with Crippen LogP contribution in [0.25, 0.3) is 16.8 Å². The van der Waals surface area contributed by atoms with Gasteiger partial charge in [-0.2, -0.15) is 0 Å². The van der Waals surface area contributed by atoms with Crippen molar-refractivity contribution in [3.05, 3.63) is 51.9 Å². The van der Waals surface area contributed by atoms with Gasteiger partial charge in [0.05, 0.1) is 28.0 Å². The van der Waals surface area contributed by atoms with Gasteiger partial charge in [0.15, 0.2) is 0 Å². The Morgan fingerprint density at radius 3 is 2.70 bits per heavy atom. The van der Waals surface area contributed by atoms with E-state index in [2.05, 4.69) is 4.98 Å². The number of hydrogen-bond donors (Lipinski definition) is 2. The van der Waals surface area contributed by atoms with Crippen LogP contribution < -0.4 is 0 Å². The normalized spacial score (nSPS) is 14.6. The van der Waals surface area contributed by atoms with Crippen LogP contribution in [0.3, 0.4) is 0 Å². The number of pyridine rings is 1. The van der Waals surface area contributed by atoms with Gasteiger partial charge in [-0.05, 0) is 42.7 Å². The molecule has 1 saturated carbocycles. The van der Waals surface area contributed by atoms with E-state index in [-0.39, 0.29) is 12.4 Å². The molecule has 0 aliphatic heterocycles. The topological polar surface area (TPSA) is 57.8 Å². The lowest BCUT2D eigenvalue weighted by Crippen LogP contribution is -1.94. The molecule has 4 rings (SSSR count). The molecule has 0 spiro atoms. The first-order valence-electron chi connectivity index (χ1n) is 7.39. The largest absolute Gasteiger partial charge is 0.507 e. The molecule has 118 valence electrons. The van der Waals surface area contributed by atoms with Crippen LogP contribution in [0.5, 0.6) is 5.75 Å². The predicted octanol–water partition coefficient (Wildman–Crippen LogP) is 4.38. The van der Waals surface area contributed by atoms with Crippen molar-refractivity contribution >= 4 is 28.8 Å². The zero-order valence-electron chi connectivity index (χ0n) is 12.1. The van der Waals surface area contributed by atoms with Crippen LogP contribution in [0.1, 0.15) is 30.1 Å². The summed E-state index contributed by atoms with van der Waals surface area (Å²) in [7, 11) is 0. The minimum atomic E-state index is -0.0774. The molecule has 0 saturated heterocycles. The molecule has 0 amide bonds. The summed E-state index contributed by atoms with van der Waals surface area (Å²) in [4.78, 5) is 4.52. The molecular formula is C17H14Cl2N2O2. The van der Waals surface area contributed by atoms with E-state index in [0.717, 1.165) is 29.7 Å². The van der Waals surface area contributed by atoms with Crippen molar-refractivity contribution in [2.24, 2.45) is 0 Å². The molecule has 0 bridgehead atoms. The third-order valence-corrected chi connectivity index (χ3v) is 5.02. The van der Waals surface area contributed by atoms with Crippen LogP contribution in [0.15, 0.2) is 30.5 Å². The van der Waals surface area contributed by atoms with E-state index in [4.69, 9.17) is 23.2 Å². The lowest BCUT2D eigenvalue weighted by molar-refractivity contribution is 0.276. The summed E-state index contributed by atoms with van der Waals surface area (Å²) in [6.45, 7) is -0.0774. The quantitative estimate of drug-likeness (QED) is 0.738. The first kappa shape index (κ1) is 14.8. The maximum atomic E-state index is 10.1. The van der Waals surface area contributed by atoms with Crippen molar-refractivity contribution in [3.63, 3.8) is 0 Å². The maximum Gasteiger partial charge on any atom is 0.137 e. The number of aliphatic hydroxyl groups excluding tert-OH is 1. The Balaban J connectivity index is 1.92. The number of aliphatic hydroxyl groups is 1. The zero-order chi connectivity index (χ0) is 16.1. The van der Waals surface area contributed by atoms with Crippen molar-refractivity contribution in [3.8, 4) is 16.9 Å². The highest BCUT2D eigenvalue weighted by atomic mass is 35.5. The summed E-state index contributed by atoms with van der Waals surface area (Å²) in [5.41, 5.74) is 3.74. The summed E-state index contributed by atoms with van der Waals surface area (Å²) in [6, 6.07) is 6.81. The average molecular weight is 349 g/mol. The van der Waals surface area contributed by atoms with Crippen LogP contribution in [0.2, 0.25) is 10.0 Å². The van der Waals surface area contributed by atoms with E-state index < -0.39 is 0 Å². The number of benzene rings is 1. The molecule has 1 aromatic carbocycles. The first-order valence-corrected chi connectivity index (χ1v) is 8.15. The highest BCUT2D eigenvalue weighted by molar-refractivity contribution is 6.44. The molecule has 2 heterocycles. The number of aromatic nitrogens is 2. The standard InChI is InChI=1S/C17H14Cl2N2O2/c18-11-3-4-13(23)15(16(11)19)10-5-6-21-14(7-10)20-12(8-22)17(21)9-1-2-9/h3-7,9,22-23H,1-2,8H2. The average Bonchev–Trinajstić information content (AvgIpc) is 3.31. The van der Waals surface area contributed by atoms with Crippen molar-refractivity contribution in [1.82, 2.24) is 9.38 Å². The van der Waals surface area contributed by atoms with E-state index in [1.807, 2.05) is 22.7 Å². The van der Waals surface area contributed by atoms with Gasteiger partial charge >= 0.3 is 0 Å². The summed E-state index contributed by atoms with van der Waals surface area (Å²) in [6.07, 6.45) is 4.16. The fourth-order valence-corrected chi connectivity index (χ4v) is 3.41. The summed E-state index contributed by atoms with van der Waals surface area (Å²) >= 11 is 12.3. The Morgan fingerprint density at radius 2 is 2.00 bits per heavy atom. The lowest BCUT2D eigenvalue weighted by atomic mass is 10.1. The van der Waals surface area contributed by atoms with Crippen LogP contribution >= 0.6 is 23.2 Å². The zero-order valence-corrected chi connectivity index (χ0v) is 13.6. The molecule has 0 unspecified atom stereocenters. The molecule has 2 N–H and O–H groups in total. The highest BCUT2D eigenvalue weighted by Gasteiger charge is 2.30. The van der Waals surface area contributed by atoms with E-state index in [9.17, 15) is 10.2 Å². The van der Waals surface area contributed by atoms with Gasteiger partial charge in [0.2, 0.25) is 0 Å². The summed E-state index contributed by atoms with van der Waals surface area (Å²) in [5, 5.41) is 20.4. The Morgan fingerprint density at radius 1 is 1.22 bits per heavy atom. The van der Waals surface area contributed by atoms with Gasteiger partial charge in [-0.15, -0.1) is 0 Å². The van der Waals surface area contributed by atoms with Crippen LogP contribution in [-0.4, -0.2) is 19.6 Å². The van der Waals surface area contributed by atoms with E-state index >= 15 is 0 Å². The molecule has 2 aromatic heterocycles. The predicted molar refractivity (Wildman–Crippen MR) is 90.2 cm³/mol. The minimum absolute atomic E-state index is 0.0695. The SMILES string of the molecule is OCc1nc2cc(-c3c(O)ccc(Cl)c3Cl)ccn2c1C1CC1. The molecule has 1 aliphatic carbocycles. The van der Waals surface area contributed by atoms with Crippen LogP contribution in [-0.2, 0) is 6.61 Å².